The van der Waals surface area contributed by atoms with E-state index in [1.807, 2.05) is 13.8 Å². The Morgan fingerprint density at radius 3 is 2.96 bits per heavy atom. The zero-order chi connectivity index (χ0) is 18.5. The van der Waals surface area contributed by atoms with Crippen LogP contribution in [0.2, 0.25) is 0 Å². The van der Waals surface area contributed by atoms with E-state index in [0.717, 1.165) is 54.8 Å². The van der Waals surface area contributed by atoms with Crippen LogP contribution in [0.4, 0.5) is 5.82 Å². The van der Waals surface area contributed by atoms with Gasteiger partial charge in [0.15, 0.2) is 18.0 Å². The van der Waals surface area contributed by atoms with Gasteiger partial charge in [0.05, 0.1) is 18.4 Å². The third kappa shape index (κ3) is 2.69. The molecule has 0 saturated carbocycles. The van der Waals surface area contributed by atoms with Crippen molar-refractivity contribution in [2.45, 2.75) is 39.5 Å². The first-order valence-corrected chi connectivity index (χ1v) is 8.86. The molecule has 1 atom stereocenters. The molecule has 5 heterocycles. The molecular formula is C17H20N8O2. The topological polar surface area (TPSA) is 121 Å². The second kappa shape index (κ2) is 5.95. The van der Waals surface area contributed by atoms with E-state index in [0.29, 0.717) is 11.5 Å². The van der Waals surface area contributed by atoms with Crippen LogP contribution in [0.1, 0.15) is 29.3 Å². The summed E-state index contributed by atoms with van der Waals surface area (Å²) < 4.78 is 12.7. The van der Waals surface area contributed by atoms with Gasteiger partial charge in [0.25, 0.3) is 0 Å². The molecule has 3 aromatic heterocycles. The van der Waals surface area contributed by atoms with E-state index in [9.17, 15) is 0 Å². The van der Waals surface area contributed by atoms with Crippen molar-refractivity contribution in [3.8, 4) is 11.5 Å². The fraction of sp³-hybridized carbons (Fsp3) is 0.412. The van der Waals surface area contributed by atoms with Gasteiger partial charge in [-0.3, -0.25) is 15.7 Å². The monoisotopic (exact) mass is 368 g/mol. The van der Waals surface area contributed by atoms with E-state index in [1.54, 1.807) is 10.9 Å². The molecule has 0 saturated heterocycles. The summed E-state index contributed by atoms with van der Waals surface area (Å²) in [6.07, 6.45) is 3.85. The van der Waals surface area contributed by atoms with Crippen LogP contribution in [0, 0.1) is 19.3 Å². The molecule has 10 nitrogen and oxygen atoms in total. The van der Waals surface area contributed by atoms with Gasteiger partial charge < -0.3 is 14.2 Å². The number of oxazole rings is 2. The van der Waals surface area contributed by atoms with Crippen molar-refractivity contribution in [1.29, 1.82) is 5.41 Å². The molecule has 3 aromatic rings. The Morgan fingerprint density at radius 2 is 2.19 bits per heavy atom. The van der Waals surface area contributed by atoms with Crippen LogP contribution in [-0.4, -0.2) is 37.2 Å². The highest BCUT2D eigenvalue weighted by Gasteiger charge is 2.28. The molecule has 0 amide bonds. The number of rotatable bonds is 4. The summed E-state index contributed by atoms with van der Waals surface area (Å²) in [5, 5.41) is 11.7. The summed E-state index contributed by atoms with van der Waals surface area (Å²) in [6.45, 7) is 6.34. The first-order chi connectivity index (χ1) is 13.1. The SMILES string of the molecule is Cc1nc2c(o1)CN(CCC1Nc3c(C)c(-c4cnco4)nc(=N)n3N1)C2. The van der Waals surface area contributed by atoms with Crippen LogP contribution in [0.25, 0.3) is 11.5 Å². The number of aryl methyl sites for hydroxylation is 1. The van der Waals surface area contributed by atoms with Crippen LogP contribution in [0.15, 0.2) is 21.4 Å². The zero-order valence-electron chi connectivity index (χ0n) is 15.1. The Kier molecular flexibility index (Phi) is 3.54. The highest BCUT2D eigenvalue weighted by Crippen LogP contribution is 2.28. The lowest BCUT2D eigenvalue weighted by Crippen LogP contribution is -2.34. The zero-order valence-corrected chi connectivity index (χ0v) is 15.1. The number of nitrogens with zero attached hydrogens (tertiary/aromatic N) is 5. The summed E-state index contributed by atoms with van der Waals surface area (Å²) in [7, 11) is 0. The van der Waals surface area contributed by atoms with Gasteiger partial charge in [-0.2, -0.15) is 0 Å². The van der Waals surface area contributed by atoms with Crippen LogP contribution < -0.4 is 16.4 Å². The third-order valence-corrected chi connectivity index (χ3v) is 4.98. The first kappa shape index (κ1) is 16.1. The average molecular weight is 368 g/mol. The Labute approximate surface area is 154 Å². The maximum absolute atomic E-state index is 8.22. The third-order valence-electron chi connectivity index (χ3n) is 4.98. The fourth-order valence-corrected chi connectivity index (χ4v) is 3.69. The Balaban J connectivity index is 1.28. The summed E-state index contributed by atoms with van der Waals surface area (Å²) in [4.78, 5) is 15.0. The van der Waals surface area contributed by atoms with Gasteiger partial charge in [-0.1, -0.05) is 0 Å². The molecule has 0 fully saturated rings. The number of hydrogen-bond acceptors (Lipinski definition) is 9. The van der Waals surface area contributed by atoms with Gasteiger partial charge in [0.2, 0.25) is 5.62 Å². The van der Waals surface area contributed by atoms with Crippen molar-refractivity contribution in [1.82, 2.24) is 24.5 Å². The average Bonchev–Trinajstić information content (AvgIpc) is 3.38. The van der Waals surface area contributed by atoms with E-state index < -0.39 is 0 Å². The molecule has 2 aliphatic heterocycles. The van der Waals surface area contributed by atoms with Gasteiger partial charge in [0, 0.05) is 32.0 Å². The Morgan fingerprint density at radius 1 is 1.30 bits per heavy atom. The van der Waals surface area contributed by atoms with Gasteiger partial charge in [0.1, 0.15) is 23.4 Å². The molecule has 0 spiro atoms. The molecule has 3 N–H and O–H groups in total. The van der Waals surface area contributed by atoms with E-state index in [-0.39, 0.29) is 11.8 Å². The summed E-state index contributed by atoms with van der Waals surface area (Å²) in [6, 6.07) is 0. The van der Waals surface area contributed by atoms with Crippen molar-refractivity contribution in [3.05, 3.63) is 41.1 Å². The standard InChI is InChI=1S/C17H20N8O2/c1-9-15(12-5-19-8-26-12)22-17(18)25-16(9)21-14(23-25)3-4-24-6-11-13(7-24)27-10(2)20-11/h5,8,14,18,21,23H,3-4,6-7H2,1-2H3. The van der Waals surface area contributed by atoms with Crippen LogP contribution in [0.5, 0.6) is 0 Å². The molecule has 1 unspecified atom stereocenters. The molecule has 27 heavy (non-hydrogen) atoms. The second-order valence-corrected chi connectivity index (χ2v) is 6.89. The summed E-state index contributed by atoms with van der Waals surface area (Å²) >= 11 is 0. The quantitative estimate of drug-likeness (QED) is 0.630. The molecule has 0 bridgehead atoms. The first-order valence-electron chi connectivity index (χ1n) is 8.86. The molecule has 140 valence electrons. The lowest BCUT2D eigenvalue weighted by atomic mass is 10.2. The fourth-order valence-electron chi connectivity index (χ4n) is 3.69. The van der Waals surface area contributed by atoms with Crippen molar-refractivity contribution in [3.63, 3.8) is 0 Å². The van der Waals surface area contributed by atoms with E-state index >= 15 is 0 Å². The number of aromatic nitrogens is 4. The number of hydrogen-bond donors (Lipinski definition) is 3. The van der Waals surface area contributed by atoms with Crippen molar-refractivity contribution >= 4 is 5.82 Å². The number of nitrogens with one attached hydrogen (secondary N) is 3. The summed E-state index contributed by atoms with van der Waals surface area (Å²) in [5.41, 5.74) is 6.02. The highest BCUT2D eigenvalue weighted by molar-refractivity contribution is 5.64. The molecule has 10 heteroatoms. The molecule has 2 aliphatic rings. The summed E-state index contributed by atoms with van der Waals surface area (Å²) in [5.74, 6) is 3.10. The van der Waals surface area contributed by atoms with Crippen LogP contribution in [-0.2, 0) is 13.1 Å². The van der Waals surface area contributed by atoms with E-state index in [1.165, 1.54) is 6.39 Å². The lowest BCUT2D eigenvalue weighted by Gasteiger charge is -2.17. The van der Waals surface area contributed by atoms with Crippen molar-refractivity contribution in [2.75, 3.05) is 17.3 Å². The van der Waals surface area contributed by atoms with Gasteiger partial charge in [-0.25, -0.2) is 19.6 Å². The smallest absolute Gasteiger partial charge is 0.243 e. The minimum atomic E-state index is 0.0150. The molecule has 0 aromatic carbocycles. The van der Waals surface area contributed by atoms with Crippen LogP contribution in [0.3, 0.4) is 0 Å². The minimum absolute atomic E-state index is 0.0150. The molecule has 5 rings (SSSR count). The van der Waals surface area contributed by atoms with Crippen molar-refractivity contribution < 1.29 is 8.83 Å². The lowest BCUT2D eigenvalue weighted by molar-refractivity contribution is 0.256. The maximum Gasteiger partial charge on any atom is 0.243 e. The molecular weight excluding hydrogens is 348 g/mol. The minimum Gasteiger partial charge on any atom is -0.444 e. The van der Waals surface area contributed by atoms with Gasteiger partial charge in [-0.15, -0.1) is 0 Å². The van der Waals surface area contributed by atoms with Gasteiger partial charge in [-0.05, 0) is 6.92 Å². The number of anilines is 1. The van der Waals surface area contributed by atoms with E-state index in [2.05, 4.69) is 30.6 Å². The molecule has 0 radical (unpaired) electrons. The van der Waals surface area contributed by atoms with Crippen molar-refractivity contribution in [2.24, 2.45) is 0 Å². The largest absolute Gasteiger partial charge is 0.444 e. The molecule has 0 aliphatic carbocycles. The normalized spacial score (nSPS) is 18.2. The second-order valence-electron chi connectivity index (χ2n) is 6.89. The van der Waals surface area contributed by atoms with E-state index in [4.69, 9.17) is 14.2 Å². The maximum atomic E-state index is 8.22. The predicted octanol–water partition coefficient (Wildman–Crippen LogP) is 1.32. The van der Waals surface area contributed by atoms with Gasteiger partial charge >= 0.3 is 0 Å². The Bertz CT molecular complexity index is 1030. The van der Waals surface area contributed by atoms with Crippen LogP contribution >= 0.6 is 0 Å². The highest BCUT2D eigenvalue weighted by atomic mass is 16.4. The Hall–Kier alpha value is -3.14. The predicted molar refractivity (Wildman–Crippen MR) is 95.1 cm³/mol. The number of fused-ring (bicyclic) bond motifs is 2.